The van der Waals surface area contributed by atoms with Gasteiger partial charge >= 0.3 is 0 Å². The highest BCUT2D eigenvalue weighted by Crippen LogP contribution is 2.35. The van der Waals surface area contributed by atoms with E-state index in [1.807, 2.05) is 117 Å². The predicted molar refractivity (Wildman–Crippen MR) is 416 cm³/mol. The van der Waals surface area contributed by atoms with Crippen LogP contribution in [-0.4, -0.2) is 102 Å². The third kappa shape index (κ3) is 14.5. The number of hydrogen-bond donors (Lipinski definition) is 0. The van der Waals surface area contributed by atoms with Crippen molar-refractivity contribution in [1.29, 1.82) is 0 Å². The summed E-state index contributed by atoms with van der Waals surface area (Å²) in [5, 5.41) is 21.3. The molecule has 4 aliphatic heterocycles. The standard InChI is InChI=1S/2C22H16F2N4O.C22H17FN4O.C22H18N4O/c1-27-10-15-7-13(4-5-20(15)26-27)17-9-18(23)14(8-19(17)24)11-28-12-21-16(22(28)29)3-2-6-25-21;1-27-10-15-7-13(4-5-20(15)26-27)14-8-18(23)17(19(24)9-14)11-28-12-21-16(22(28)29)3-2-6-25-21;1-26-11-17-9-14(6-7-20(17)25-26)15-4-5-16(19(23)10-15)12-27-13-21-18(22(27)28)3-2-8-24-21;1-25-13-18-11-17(8-9-20(18)24-25)16-6-4-15(5-7-16)12-26-14-21-19(22(26)27)3-2-10-23-21/h2*2-10H,11-12H2,1H3;2-11H,12-13H2,1H3;2-11,13H,12,14H2,1H3. The van der Waals surface area contributed by atoms with E-state index in [0.29, 0.717) is 70.0 Å². The Morgan fingerprint density at radius 2 is 0.619 bits per heavy atom. The first-order valence-corrected chi connectivity index (χ1v) is 36.3. The lowest BCUT2D eigenvalue weighted by atomic mass is 10.0. The number of halogens is 5. The van der Waals surface area contributed by atoms with Gasteiger partial charge in [0.15, 0.2) is 0 Å². The number of carbonyl (C=O) groups excluding carboxylic acids is 4. The monoisotopic (exact) mass is 1510 g/mol. The number of carbonyl (C=O) groups is 4. The average molecular weight is 1510 g/mol. The molecule has 0 fully saturated rings. The summed E-state index contributed by atoms with van der Waals surface area (Å²) in [6.07, 6.45) is 14.3. The van der Waals surface area contributed by atoms with E-state index in [1.165, 1.54) is 40.1 Å². The number of aryl methyl sites for hydroxylation is 4. The SMILES string of the molecule is Cn1cc2cc(-c3cc(F)c(CN4Cc5ncccc5C4=O)c(F)c3)ccc2n1.Cn1cc2cc(-c3cc(F)c(CN4Cc5ncccc5C4=O)cc3F)ccc2n1.Cn1cc2cc(-c3ccc(CN4Cc5ncccc5C4=O)c(F)c3)ccc2n1.Cn1cc2cc(-c3ccc(CN4Cc5ncccc5C4=O)cc3)ccc2n1. The molecule has 0 N–H and O–H groups in total. The summed E-state index contributed by atoms with van der Waals surface area (Å²) in [6.45, 7) is 2.18. The Morgan fingerprint density at radius 3 is 1.04 bits per heavy atom. The minimum atomic E-state index is -0.678. The molecule has 0 atom stereocenters. The van der Waals surface area contributed by atoms with Crippen molar-refractivity contribution in [3.8, 4) is 44.5 Å². The molecule has 8 aromatic heterocycles. The number of hydrogen-bond acceptors (Lipinski definition) is 12. The predicted octanol–water partition coefficient (Wildman–Crippen LogP) is 15.9. The van der Waals surface area contributed by atoms with Crippen LogP contribution < -0.4 is 0 Å². The maximum absolute atomic E-state index is 14.9. The molecule has 20 nitrogen and oxygen atoms in total. The van der Waals surface area contributed by atoms with Gasteiger partial charge in [-0.05, 0) is 172 Å². The number of amides is 4. The molecule has 0 spiro atoms. The normalized spacial score (nSPS) is 13.4. The van der Waals surface area contributed by atoms with E-state index in [2.05, 4.69) is 76.7 Å². The van der Waals surface area contributed by atoms with E-state index in [-0.39, 0.29) is 78.9 Å². The van der Waals surface area contributed by atoms with Crippen LogP contribution in [0.15, 0.2) is 238 Å². The van der Waals surface area contributed by atoms with E-state index in [4.69, 9.17) is 0 Å². The summed E-state index contributed by atoms with van der Waals surface area (Å²) in [6, 6.07) is 55.4. The summed E-state index contributed by atoms with van der Waals surface area (Å²) in [5.41, 5.74) is 16.2. The molecule has 113 heavy (non-hydrogen) atoms. The fourth-order valence-electron chi connectivity index (χ4n) is 14.9. The van der Waals surface area contributed by atoms with Crippen molar-refractivity contribution >= 4 is 67.2 Å². The van der Waals surface area contributed by atoms with Gasteiger partial charge in [-0.25, -0.2) is 22.0 Å². The number of nitrogens with zero attached hydrogens (tertiary/aromatic N) is 16. The fraction of sp³-hybridized carbons (Fsp3) is 0.136. The lowest BCUT2D eigenvalue weighted by molar-refractivity contribution is 0.0756. The van der Waals surface area contributed by atoms with Gasteiger partial charge in [0.1, 0.15) is 29.1 Å². The van der Waals surface area contributed by atoms with Gasteiger partial charge in [-0.3, -0.25) is 57.8 Å². The number of pyridine rings is 4. The summed E-state index contributed by atoms with van der Waals surface area (Å²) in [5.74, 6) is -3.29. The van der Waals surface area contributed by atoms with Gasteiger partial charge in [0.2, 0.25) is 0 Å². The fourth-order valence-corrected chi connectivity index (χ4v) is 14.9. The zero-order valence-corrected chi connectivity index (χ0v) is 61.4. The van der Waals surface area contributed by atoms with Crippen molar-refractivity contribution in [2.75, 3.05) is 0 Å². The van der Waals surface area contributed by atoms with Crippen LogP contribution in [0, 0.1) is 29.1 Å². The van der Waals surface area contributed by atoms with Gasteiger partial charge in [0, 0.05) is 141 Å². The molecule has 16 aromatic rings. The van der Waals surface area contributed by atoms with Crippen molar-refractivity contribution < 1.29 is 41.1 Å². The Balaban J connectivity index is 0.000000109. The zero-order chi connectivity index (χ0) is 77.9. The molecule has 20 rings (SSSR count). The lowest BCUT2D eigenvalue weighted by Crippen LogP contribution is -2.24. The van der Waals surface area contributed by atoms with E-state index in [9.17, 15) is 41.1 Å². The summed E-state index contributed by atoms with van der Waals surface area (Å²) in [7, 11) is 7.44. The van der Waals surface area contributed by atoms with Gasteiger partial charge in [0.25, 0.3) is 23.6 Å². The molecule has 4 amide bonds. The van der Waals surface area contributed by atoms with Crippen LogP contribution in [-0.2, 0) is 80.5 Å². The highest BCUT2D eigenvalue weighted by Gasteiger charge is 2.33. The molecule has 25 heteroatoms. The minimum absolute atomic E-state index is 0.0140. The topological polar surface area (TPSA) is 204 Å². The molecule has 12 heterocycles. The van der Waals surface area contributed by atoms with Crippen molar-refractivity contribution in [1.82, 2.24) is 78.7 Å². The molecule has 8 aromatic carbocycles. The molecule has 4 aliphatic rings. The van der Waals surface area contributed by atoms with Crippen LogP contribution in [0.3, 0.4) is 0 Å². The second-order valence-corrected chi connectivity index (χ2v) is 28.3. The molecule has 0 unspecified atom stereocenters. The first-order chi connectivity index (χ1) is 54.7. The first-order valence-electron chi connectivity index (χ1n) is 36.3. The Hall–Kier alpha value is -14.2. The van der Waals surface area contributed by atoms with E-state index >= 15 is 0 Å². The number of fused-ring (bicyclic) bond motifs is 8. The smallest absolute Gasteiger partial charge is 0.256 e. The van der Waals surface area contributed by atoms with E-state index < -0.39 is 23.3 Å². The Kier molecular flexibility index (Phi) is 18.8. The molecule has 0 aliphatic carbocycles. The Labute approximate surface area is 642 Å². The van der Waals surface area contributed by atoms with Crippen molar-refractivity contribution in [3.05, 3.63) is 334 Å². The van der Waals surface area contributed by atoms with Crippen molar-refractivity contribution in [3.63, 3.8) is 0 Å². The summed E-state index contributed by atoms with van der Waals surface area (Å²) in [4.78, 5) is 73.2. The van der Waals surface area contributed by atoms with Crippen LogP contribution in [0.5, 0.6) is 0 Å². The quantitative estimate of drug-likeness (QED) is 0.105. The van der Waals surface area contributed by atoms with Crippen molar-refractivity contribution in [2.45, 2.75) is 52.4 Å². The minimum Gasteiger partial charge on any atom is -0.328 e. The molecule has 0 radical (unpaired) electrons. The van der Waals surface area contributed by atoms with Crippen LogP contribution in [0.2, 0.25) is 0 Å². The first kappa shape index (κ1) is 71.7. The molecule has 0 saturated carbocycles. The average Bonchev–Trinajstić information content (AvgIpc) is 1.80. The van der Waals surface area contributed by atoms with Gasteiger partial charge < -0.3 is 19.6 Å². The van der Waals surface area contributed by atoms with Gasteiger partial charge in [-0.1, -0.05) is 60.7 Å². The number of aromatic nitrogens is 12. The molecule has 558 valence electrons. The third-order valence-corrected chi connectivity index (χ3v) is 20.5. The maximum atomic E-state index is 14.9. The second-order valence-electron chi connectivity index (χ2n) is 28.3. The summed E-state index contributed by atoms with van der Waals surface area (Å²) >= 11 is 0. The number of benzene rings is 8. The van der Waals surface area contributed by atoms with Crippen molar-refractivity contribution in [2.24, 2.45) is 28.2 Å². The van der Waals surface area contributed by atoms with Gasteiger partial charge in [-0.2, -0.15) is 20.4 Å². The van der Waals surface area contributed by atoms with E-state index in [0.717, 1.165) is 88.4 Å². The van der Waals surface area contributed by atoms with Crippen LogP contribution in [0.4, 0.5) is 22.0 Å². The van der Waals surface area contributed by atoms with Crippen LogP contribution >= 0.6 is 0 Å². The molecule has 0 bridgehead atoms. The zero-order valence-electron chi connectivity index (χ0n) is 61.4. The Morgan fingerprint density at radius 1 is 0.292 bits per heavy atom. The highest BCUT2D eigenvalue weighted by molar-refractivity contribution is 6.00. The van der Waals surface area contributed by atoms with Gasteiger partial charge in [0.05, 0.1) is 99.8 Å². The molecule has 0 saturated heterocycles. The molecular formula is C88H67F5N16O4. The maximum Gasteiger partial charge on any atom is 0.256 e. The van der Waals surface area contributed by atoms with Crippen LogP contribution in [0.25, 0.3) is 88.1 Å². The van der Waals surface area contributed by atoms with Gasteiger partial charge in [-0.15, -0.1) is 0 Å². The largest absolute Gasteiger partial charge is 0.328 e. The lowest BCUT2D eigenvalue weighted by Gasteiger charge is -2.17. The Bertz CT molecular complexity index is 6490. The second kappa shape index (κ2) is 29.6. The molecular weight excluding hydrogens is 1440 g/mol. The van der Waals surface area contributed by atoms with Crippen LogP contribution in [0.1, 0.15) is 86.5 Å². The third-order valence-electron chi connectivity index (χ3n) is 20.5. The highest BCUT2D eigenvalue weighted by atomic mass is 19.1. The number of rotatable bonds is 12. The summed E-state index contributed by atoms with van der Waals surface area (Å²) < 4.78 is 81.0. The van der Waals surface area contributed by atoms with E-state index in [1.54, 1.807) is 110 Å².